The van der Waals surface area contributed by atoms with Gasteiger partial charge >= 0.3 is 0 Å². The van der Waals surface area contributed by atoms with E-state index in [1.54, 1.807) is 13.3 Å². The molecule has 1 rings (SSSR count). The Balaban J connectivity index is 2.97. The molecule has 0 aliphatic carbocycles. The SMILES string of the molecule is CCCn1ncc(Cl)c1C(CC(C)(C)OC)NN. The molecular weight excluding hydrogens is 252 g/mol. The molecule has 1 heterocycles. The molecule has 0 aromatic carbocycles. The molecule has 0 amide bonds. The molecule has 5 nitrogen and oxygen atoms in total. The topological polar surface area (TPSA) is 65.1 Å². The molecule has 0 fully saturated rings. The third-order valence-electron chi connectivity index (χ3n) is 3.05. The third kappa shape index (κ3) is 3.68. The highest BCUT2D eigenvalue weighted by Crippen LogP contribution is 2.30. The van der Waals surface area contributed by atoms with E-state index in [1.165, 1.54) is 0 Å². The number of hydrazine groups is 1. The predicted octanol–water partition coefficient (Wildman–Crippen LogP) is 2.27. The summed E-state index contributed by atoms with van der Waals surface area (Å²) in [4.78, 5) is 0. The van der Waals surface area contributed by atoms with Crippen LogP contribution in [0.1, 0.15) is 45.3 Å². The lowest BCUT2D eigenvalue weighted by atomic mass is 9.97. The van der Waals surface area contributed by atoms with Gasteiger partial charge in [0, 0.05) is 13.7 Å². The number of methoxy groups -OCH3 is 1. The molecule has 0 aliphatic rings. The molecule has 0 spiro atoms. The molecule has 3 N–H and O–H groups in total. The van der Waals surface area contributed by atoms with Crippen LogP contribution in [0, 0.1) is 0 Å². The van der Waals surface area contributed by atoms with Gasteiger partial charge in [-0.05, 0) is 26.7 Å². The van der Waals surface area contributed by atoms with Crippen LogP contribution in [-0.2, 0) is 11.3 Å². The third-order valence-corrected chi connectivity index (χ3v) is 3.34. The van der Waals surface area contributed by atoms with Crippen molar-refractivity contribution in [1.29, 1.82) is 0 Å². The number of hydrogen-bond acceptors (Lipinski definition) is 4. The van der Waals surface area contributed by atoms with Gasteiger partial charge in [0.15, 0.2) is 0 Å². The largest absolute Gasteiger partial charge is 0.379 e. The van der Waals surface area contributed by atoms with Gasteiger partial charge in [0.1, 0.15) is 0 Å². The van der Waals surface area contributed by atoms with E-state index in [0.29, 0.717) is 5.02 Å². The van der Waals surface area contributed by atoms with Crippen molar-refractivity contribution in [2.45, 2.75) is 51.8 Å². The van der Waals surface area contributed by atoms with E-state index in [4.69, 9.17) is 22.2 Å². The number of ether oxygens (including phenoxy) is 1. The first-order valence-electron chi connectivity index (χ1n) is 6.17. The summed E-state index contributed by atoms with van der Waals surface area (Å²) >= 11 is 6.21. The normalized spacial score (nSPS) is 13.9. The summed E-state index contributed by atoms with van der Waals surface area (Å²) in [6, 6.07) is -0.0819. The first-order valence-corrected chi connectivity index (χ1v) is 6.55. The van der Waals surface area contributed by atoms with Crippen molar-refractivity contribution in [3.8, 4) is 0 Å². The highest BCUT2D eigenvalue weighted by molar-refractivity contribution is 6.31. The minimum Gasteiger partial charge on any atom is -0.379 e. The van der Waals surface area contributed by atoms with Gasteiger partial charge in [-0.15, -0.1) is 0 Å². The van der Waals surface area contributed by atoms with E-state index in [1.807, 2.05) is 18.5 Å². The van der Waals surface area contributed by atoms with Crippen LogP contribution in [0.5, 0.6) is 0 Å². The Morgan fingerprint density at radius 2 is 2.28 bits per heavy atom. The van der Waals surface area contributed by atoms with Gasteiger partial charge in [-0.1, -0.05) is 18.5 Å². The monoisotopic (exact) mass is 274 g/mol. The van der Waals surface area contributed by atoms with E-state index in [0.717, 1.165) is 25.1 Å². The van der Waals surface area contributed by atoms with Gasteiger partial charge in [-0.3, -0.25) is 16.0 Å². The van der Waals surface area contributed by atoms with Gasteiger partial charge in [-0.25, -0.2) is 0 Å². The zero-order chi connectivity index (χ0) is 13.8. The van der Waals surface area contributed by atoms with Crippen molar-refractivity contribution in [3.05, 3.63) is 16.9 Å². The molecule has 0 bridgehead atoms. The van der Waals surface area contributed by atoms with Gasteiger partial charge in [-0.2, -0.15) is 5.10 Å². The van der Waals surface area contributed by atoms with E-state index in [-0.39, 0.29) is 11.6 Å². The summed E-state index contributed by atoms with van der Waals surface area (Å²) in [7, 11) is 1.69. The quantitative estimate of drug-likeness (QED) is 0.591. The van der Waals surface area contributed by atoms with E-state index in [2.05, 4.69) is 17.4 Å². The van der Waals surface area contributed by atoms with E-state index in [9.17, 15) is 0 Å². The van der Waals surface area contributed by atoms with Crippen molar-refractivity contribution in [2.75, 3.05) is 7.11 Å². The molecular formula is C12H23ClN4O. The summed E-state index contributed by atoms with van der Waals surface area (Å²) in [6.45, 7) is 6.97. The van der Waals surface area contributed by atoms with Crippen molar-refractivity contribution >= 4 is 11.6 Å². The second-order valence-corrected chi connectivity index (χ2v) is 5.40. The zero-order valence-corrected chi connectivity index (χ0v) is 12.3. The van der Waals surface area contributed by atoms with Gasteiger partial charge in [0.05, 0.1) is 28.6 Å². The molecule has 104 valence electrons. The van der Waals surface area contributed by atoms with Crippen molar-refractivity contribution < 1.29 is 4.74 Å². The fraction of sp³-hybridized carbons (Fsp3) is 0.750. The number of nitrogens with zero attached hydrogens (tertiary/aromatic N) is 2. The molecule has 1 aromatic rings. The summed E-state index contributed by atoms with van der Waals surface area (Å²) in [5, 5.41) is 4.92. The predicted molar refractivity (Wildman–Crippen MR) is 73.3 cm³/mol. The first kappa shape index (κ1) is 15.4. The van der Waals surface area contributed by atoms with E-state index >= 15 is 0 Å². The molecule has 0 saturated heterocycles. The molecule has 1 aromatic heterocycles. The Kier molecular flexibility index (Phi) is 5.59. The highest BCUT2D eigenvalue weighted by atomic mass is 35.5. The fourth-order valence-corrected chi connectivity index (χ4v) is 2.19. The number of halogens is 1. The van der Waals surface area contributed by atoms with Crippen molar-refractivity contribution in [2.24, 2.45) is 5.84 Å². The molecule has 18 heavy (non-hydrogen) atoms. The average Bonchev–Trinajstić information content (AvgIpc) is 2.68. The zero-order valence-electron chi connectivity index (χ0n) is 11.5. The van der Waals surface area contributed by atoms with Crippen LogP contribution < -0.4 is 11.3 Å². The maximum Gasteiger partial charge on any atom is 0.0834 e. The van der Waals surface area contributed by atoms with Crippen LogP contribution in [0.25, 0.3) is 0 Å². The Morgan fingerprint density at radius 3 is 2.78 bits per heavy atom. The molecule has 0 radical (unpaired) electrons. The smallest absolute Gasteiger partial charge is 0.0834 e. The molecule has 0 saturated carbocycles. The summed E-state index contributed by atoms with van der Waals surface area (Å²) in [5.74, 6) is 5.65. The minimum atomic E-state index is -0.276. The fourth-order valence-electron chi connectivity index (χ4n) is 1.92. The van der Waals surface area contributed by atoms with Crippen LogP contribution in [0.2, 0.25) is 5.02 Å². The van der Waals surface area contributed by atoms with E-state index < -0.39 is 0 Å². The van der Waals surface area contributed by atoms with Crippen LogP contribution in [0.15, 0.2) is 6.20 Å². The average molecular weight is 275 g/mol. The van der Waals surface area contributed by atoms with Crippen LogP contribution >= 0.6 is 11.6 Å². The Morgan fingerprint density at radius 1 is 1.61 bits per heavy atom. The first-order chi connectivity index (χ1) is 8.45. The maximum absolute atomic E-state index is 6.21. The number of nitrogens with two attached hydrogens (primary N) is 1. The molecule has 6 heteroatoms. The highest BCUT2D eigenvalue weighted by Gasteiger charge is 2.27. The lowest BCUT2D eigenvalue weighted by Crippen LogP contribution is -2.36. The van der Waals surface area contributed by atoms with Gasteiger partial charge in [0.25, 0.3) is 0 Å². The number of aryl methyl sites for hydroxylation is 1. The lowest BCUT2D eigenvalue weighted by molar-refractivity contribution is 0.00609. The van der Waals surface area contributed by atoms with Crippen LogP contribution in [-0.4, -0.2) is 22.5 Å². The molecule has 1 atom stereocenters. The standard InChI is InChI=1S/C12H23ClN4O/c1-5-6-17-11(9(13)8-15-17)10(16-14)7-12(2,3)18-4/h8,10,16H,5-7,14H2,1-4H3. The number of hydrogen-bond donors (Lipinski definition) is 2. The van der Waals surface area contributed by atoms with Gasteiger partial charge in [0.2, 0.25) is 0 Å². The van der Waals surface area contributed by atoms with Crippen LogP contribution in [0.4, 0.5) is 0 Å². The minimum absolute atomic E-state index is 0.0819. The summed E-state index contributed by atoms with van der Waals surface area (Å²) in [6.07, 6.45) is 3.38. The maximum atomic E-state index is 6.21. The second kappa shape index (κ2) is 6.52. The number of nitrogens with one attached hydrogen (secondary N) is 1. The Hall–Kier alpha value is -0.620. The molecule has 0 aliphatic heterocycles. The number of aromatic nitrogens is 2. The van der Waals surface area contributed by atoms with Crippen LogP contribution in [0.3, 0.4) is 0 Å². The van der Waals surface area contributed by atoms with Crippen molar-refractivity contribution in [1.82, 2.24) is 15.2 Å². The number of rotatable bonds is 7. The molecule has 1 unspecified atom stereocenters. The van der Waals surface area contributed by atoms with Crippen molar-refractivity contribution in [3.63, 3.8) is 0 Å². The Bertz CT molecular complexity index is 378. The second-order valence-electron chi connectivity index (χ2n) is 4.99. The summed E-state index contributed by atoms with van der Waals surface area (Å²) in [5.41, 5.74) is 3.46. The summed E-state index contributed by atoms with van der Waals surface area (Å²) < 4.78 is 7.34. The Labute approximate surface area is 114 Å². The van der Waals surface area contributed by atoms with Gasteiger partial charge < -0.3 is 4.74 Å². The lowest BCUT2D eigenvalue weighted by Gasteiger charge is -2.28.